The van der Waals surface area contributed by atoms with Crippen LogP contribution in [-0.2, 0) is 5.88 Å². The van der Waals surface area contributed by atoms with Crippen molar-refractivity contribution >= 4 is 11.6 Å². The van der Waals surface area contributed by atoms with Crippen molar-refractivity contribution in [2.75, 3.05) is 0 Å². The Morgan fingerprint density at radius 1 is 1.00 bits per heavy atom. The summed E-state index contributed by atoms with van der Waals surface area (Å²) in [6.07, 6.45) is 0. The third-order valence-electron chi connectivity index (χ3n) is 2.79. The van der Waals surface area contributed by atoms with Crippen molar-refractivity contribution in [1.82, 2.24) is 0 Å². The van der Waals surface area contributed by atoms with Gasteiger partial charge in [0.25, 0.3) is 0 Å². The highest BCUT2D eigenvalue weighted by molar-refractivity contribution is 6.17. The van der Waals surface area contributed by atoms with Gasteiger partial charge in [0.05, 0.1) is 0 Å². The zero-order valence-corrected chi connectivity index (χ0v) is 10.4. The van der Waals surface area contributed by atoms with Crippen LogP contribution in [0.25, 0.3) is 11.1 Å². The second-order valence-electron chi connectivity index (χ2n) is 4.15. The Labute approximate surface area is 102 Å². The highest BCUT2D eigenvalue weighted by atomic mass is 35.5. The molecule has 0 aliphatic carbocycles. The molecule has 0 aliphatic heterocycles. The summed E-state index contributed by atoms with van der Waals surface area (Å²) >= 11 is 5.87. The molecule has 16 heavy (non-hydrogen) atoms. The lowest BCUT2D eigenvalue weighted by molar-refractivity contribution is 1.35. The highest BCUT2D eigenvalue weighted by Crippen LogP contribution is 2.25. The number of hydrogen-bond acceptors (Lipinski definition) is 0. The minimum absolute atomic E-state index is 0.569. The first kappa shape index (κ1) is 11.2. The van der Waals surface area contributed by atoms with Gasteiger partial charge in [0.1, 0.15) is 0 Å². The second-order valence-corrected chi connectivity index (χ2v) is 4.42. The van der Waals surface area contributed by atoms with E-state index in [1.165, 1.54) is 27.8 Å². The van der Waals surface area contributed by atoms with Gasteiger partial charge in [0, 0.05) is 5.88 Å². The van der Waals surface area contributed by atoms with Gasteiger partial charge in [-0.1, -0.05) is 42.0 Å². The first-order valence-corrected chi connectivity index (χ1v) is 5.96. The zero-order valence-electron chi connectivity index (χ0n) is 9.63. The molecule has 0 saturated carbocycles. The standard InChI is InChI=1S/C15H15Cl/c1-11-4-3-5-14(8-11)15-9-13(10-16)7-6-12(15)2/h3-9H,10H2,1-2H3. The summed E-state index contributed by atoms with van der Waals surface area (Å²) < 4.78 is 0. The van der Waals surface area contributed by atoms with Crippen molar-refractivity contribution < 1.29 is 0 Å². The number of halogens is 1. The summed E-state index contributed by atoms with van der Waals surface area (Å²) in [7, 11) is 0. The van der Waals surface area contributed by atoms with Crippen molar-refractivity contribution in [3.63, 3.8) is 0 Å². The summed E-state index contributed by atoms with van der Waals surface area (Å²) in [5, 5.41) is 0. The molecule has 0 spiro atoms. The van der Waals surface area contributed by atoms with E-state index in [0.717, 1.165) is 0 Å². The van der Waals surface area contributed by atoms with Crippen molar-refractivity contribution in [3.8, 4) is 11.1 Å². The highest BCUT2D eigenvalue weighted by Gasteiger charge is 2.03. The van der Waals surface area contributed by atoms with Crippen LogP contribution in [0.15, 0.2) is 42.5 Å². The second kappa shape index (κ2) is 4.71. The molecule has 0 unspecified atom stereocenters. The fourth-order valence-corrected chi connectivity index (χ4v) is 2.04. The molecule has 0 nitrogen and oxygen atoms in total. The average molecular weight is 231 g/mol. The molecule has 2 aromatic carbocycles. The van der Waals surface area contributed by atoms with Crippen LogP contribution in [0.2, 0.25) is 0 Å². The molecule has 0 fully saturated rings. The van der Waals surface area contributed by atoms with E-state index >= 15 is 0 Å². The summed E-state index contributed by atoms with van der Waals surface area (Å²) in [6, 6.07) is 15.0. The summed E-state index contributed by atoms with van der Waals surface area (Å²) in [4.78, 5) is 0. The van der Waals surface area contributed by atoms with Gasteiger partial charge >= 0.3 is 0 Å². The van der Waals surface area contributed by atoms with Crippen molar-refractivity contribution in [1.29, 1.82) is 0 Å². The SMILES string of the molecule is Cc1cccc(-c2cc(CCl)ccc2C)c1. The molecule has 2 rings (SSSR count). The molecule has 0 amide bonds. The first-order valence-electron chi connectivity index (χ1n) is 5.43. The molecule has 0 atom stereocenters. The van der Waals surface area contributed by atoms with E-state index in [2.05, 4.69) is 56.3 Å². The van der Waals surface area contributed by atoms with Crippen LogP contribution >= 0.6 is 11.6 Å². The van der Waals surface area contributed by atoms with E-state index < -0.39 is 0 Å². The van der Waals surface area contributed by atoms with Crippen LogP contribution in [0.1, 0.15) is 16.7 Å². The largest absolute Gasteiger partial charge is 0.122 e. The molecule has 0 heterocycles. The van der Waals surface area contributed by atoms with Crippen molar-refractivity contribution in [3.05, 3.63) is 59.2 Å². The van der Waals surface area contributed by atoms with Gasteiger partial charge in [-0.3, -0.25) is 0 Å². The Hall–Kier alpha value is -1.27. The molecule has 0 radical (unpaired) electrons. The topological polar surface area (TPSA) is 0 Å². The predicted octanol–water partition coefficient (Wildman–Crippen LogP) is 4.71. The Bertz CT molecular complexity index is 501. The molecule has 0 saturated heterocycles. The van der Waals surface area contributed by atoms with Crippen molar-refractivity contribution in [2.24, 2.45) is 0 Å². The Balaban J connectivity index is 2.54. The average Bonchev–Trinajstić information content (AvgIpc) is 2.30. The maximum Gasteiger partial charge on any atom is 0.0474 e. The molecule has 1 heteroatoms. The molecule has 0 aliphatic rings. The Morgan fingerprint density at radius 2 is 1.81 bits per heavy atom. The van der Waals surface area contributed by atoms with E-state index in [4.69, 9.17) is 11.6 Å². The number of aryl methyl sites for hydroxylation is 2. The van der Waals surface area contributed by atoms with E-state index in [0.29, 0.717) is 5.88 Å². The van der Waals surface area contributed by atoms with Crippen LogP contribution in [0.5, 0.6) is 0 Å². The summed E-state index contributed by atoms with van der Waals surface area (Å²) in [6.45, 7) is 4.25. The Morgan fingerprint density at radius 3 is 2.50 bits per heavy atom. The van der Waals surface area contributed by atoms with E-state index in [9.17, 15) is 0 Å². The van der Waals surface area contributed by atoms with Crippen LogP contribution in [0.3, 0.4) is 0 Å². The third kappa shape index (κ3) is 2.28. The molecule has 0 bridgehead atoms. The number of alkyl halides is 1. The van der Waals surface area contributed by atoms with Crippen molar-refractivity contribution in [2.45, 2.75) is 19.7 Å². The normalized spacial score (nSPS) is 10.4. The van der Waals surface area contributed by atoms with Gasteiger partial charge in [0.2, 0.25) is 0 Å². The van der Waals surface area contributed by atoms with Crippen LogP contribution < -0.4 is 0 Å². The third-order valence-corrected chi connectivity index (χ3v) is 3.09. The zero-order chi connectivity index (χ0) is 11.5. The van der Waals surface area contributed by atoms with Gasteiger partial charge in [0.15, 0.2) is 0 Å². The molecular weight excluding hydrogens is 216 g/mol. The smallest absolute Gasteiger partial charge is 0.0474 e. The minimum atomic E-state index is 0.569. The fourth-order valence-electron chi connectivity index (χ4n) is 1.88. The first-order chi connectivity index (χ1) is 7.70. The van der Waals surface area contributed by atoms with Gasteiger partial charge in [-0.25, -0.2) is 0 Å². The lowest BCUT2D eigenvalue weighted by Gasteiger charge is -2.08. The van der Waals surface area contributed by atoms with Gasteiger partial charge < -0.3 is 0 Å². The summed E-state index contributed by atoms with van der Waals surface area (Å²) in [5.41, 5.74) is 6.29. The maximum absolute atomic E-state index is 5.87. The minimum Gasteiger partial charge on any atom is -0.122 e. The monoisotopic (exact) mass is 230 g/mol. The van der Waals surface area contributed by atoms with E-state index in [-0.39, 0.29) is 0 Å². The molecule has 82 valence electrons. The van der Waals surface area contributed by atoms with E-state index in [1.54, 1.807) is 0 Å². The quantitative estimate of drug-likeness (QED) is 0.656. The molecule has 2 aromatic rings. The van der Waals surface area contributed by atoms with Gasteiger partial charge in [-0.05, 0) is 42.2 Å². The summed E-state index contributed by atoms with van der Waals surface area (Å²) in [5.74, 6) is 0.569. The van der Waals surface area contributed by atoms with E-state index in [1.807, 2.05) is 0 Å². The Kier molecular flexibility index (Phi) is 3.31. The lowest BCUT2D eigenvalue weighted by Crippen LogP contribution is -1.87. The maximum atomic E-state index is 5.87. The lowest BCUT2D eigenvalue weighted by atomic mass is 9.97. The van der Waals surface area contributed by atoms with Crippen LogP contribution in [0, 0.1) is 13.8 Å². The molecular formula is C15H15Cl. The molecule has 0 aromatic heterocycles. The van der Waals surface area contributed by atoms with Gasteiger partial charge in [-0.2, -0.15) is 0 Å². The molecule has 0 N–H and O–H groups in total. The van der Waals surface area contributed by atoms with Crippen LogP contribution in [0.4, 0.5) is 0 Å². The number of hydrogen-bond donors (Lipinski definition) is 0. The fraction of sp³-hybridized carbons (Fsp3) is 0.200. The van der Waals surface area contributed by atoms with Gasteiger partial charge in [-0.15, -0.1) is 11.6 Å². The number of benzene rings is 2. The number of rotatable bonds is 2. The predicted molar refractivity (Wildman–Crippen MR) is 70.9 cm³/mol. The van der Waals surface area contributed by atoms with Crippen LogP contribution in [-0.4, -0.2) is 0 Å².